The maximum Gasteiger partial charge on any atom is 0.274 e. The fourth-order valence-electron chi connectivity index (χ4n) is 3.38. The average molecular weight is 366 g/mol. The number of carbonyl (C=O) groups excluding carboxylic acids is 2. The van der Waals surface area contributed by atoms with E-state index >= 15 is 0 Å². The van der Waals surface area contributed by atoms with Crippen molar-refractivity contribution in [1.82, 2.24) is 4.98 Å². The van der Waals surface area contributed by atoms with E-state index in [1.807, 2.05) is 6.07 Å². The molecule has 1 heterocycles. The van der Waals surface area contributed by atoms with E-state index < -0.39 is 0 Å². The zero-order valence-electron chi connectivity index (χ0n) is 15.6. The number of hydrogen-bond donors (Lipinski definition) is 3. The Morgan fingerprint density at radius 2 is 1.63 bits per heavy atom. The highest BCUT2D eigenvalue weighted by Gasteiger charge is 2.14. The van der Waals surface area contributed by atoms with Gasteiger partial charge in [-0.05, 0) is 43.2 Å². The summed E-state index contributed by atoms with van der Waals surface area (Å²) in [5, 5.41) is 9.08. The Labute approximate surface area is 159 Å². The SMILES string of the molecule is CC(=O)Nc1cccc(NC(=O)c2cc(NC3CCCCCC3)ccn2)c1. The molecule has 6 heteroatoms. The van der Waals surface area contributed by atoms with Gasteiger partial charge in [0.25, 0.3) is 5.91 Å². The van der Waals surface area contributed by atoms with E-state index in [0.717, 1.165) is 5.69 Å². The Morgan fingerprint density at radius 1 is 0.926 bits per heavy atom. The van der Waals surface area contributed by atoms with Crippen LogP contribution in [0.2, 0.25) is 0 Å². The van der Waals surface area contributed by atoms with Crippen molar-refractivity contribution in [2.75, 3.05) is 16.0 Å². The van der Waals surface area contributed by atoms with Crippen LogP contribution < -0.4 is 16.0 Å². The van der Waals surface area contributed by atoms with Crippen molar-refractivity contribution in [2.24, 2.45) is 0 Å². The first-order valence-corrected chi connectivity index (χ1v) is 9.52. The van der Waals surface area contributed by atoms with E-state index in [-0.39, 0.29) is 11.8 Å². The van der Waals surface area contributed by atoms with Gasteiger partial charge in [-0.2, -0.15) is 0 Å². The Bertz CT molecular complexity index is 798. The van der Waals surface area contributed by atoms with E-state index in [1.54, 1.807) is 36.5 Å². The lowest BCUT2D eigenvalue weighted by Gasteiger charge is -2.18. The molecule has 1 fully saturated rings. The van der Waals surface area contributed by atoms with Crippen molar-refractivity contribution in [3.05, 3.63) is 48.3 Å². The molecule has 3 N–H and O–H groups in total. The third kappa shape index (κ3) is 5.81. The molecule has 1 saturated carbocycles. The van der Waals surface area contributed by atoms with Crippen molar-refractivity contribution in [3.8, 4) is 0 Å². The molecular formula is C21H26N4O2. The molecule has 2 amide bonds. The lowest BCUT2D eigenvalue weighted by molar-refractivity contribution is -0.114. The molecule has 0 unspecified atom stereocenters. The average Bonchev–Trinajstić information content (AvgIpc) is 2.90. The molecule has 1 aliphatic rings. The fourth-order valence-corrected chi connectivity index (χ4v) is 3.38. The molecule has 0 bridgehead atoms. The van der Waals surface area contributed by atoms with Crippen molar-refractivity contribution in [2.45, 2.75) is 51.5 Å². The highest BCUT2D eigenvalue weighted by Crippen LogP contribution is 2.22. The number of hydrogen-bond acceptors (Lipinski definition) is 4. The molecule has 0 saturated heterocycles. The zero-order chi connectivity index (χ0) is 19.1. The first-order chi connectivity index (χ1) is 13.1. The maximum atomic E-state index is 12.6. The molecule has 2 aromatic rings. The van der Waals surface area contributed by atoms with Gasteiger partial charge in [0, 0.05) is 36.2 Å². The van der Waals surface area contributed by atoms with Crippen LogP contribution in [0, 0.1) is 0 Å². The Morgan fingerprint density at radius 3 is 2.33 bits per heavy atom. The summed E-state index contributed by atoms with van der Waals surface area (Å²) in [5.41, 5.74) is 2.53. The quantitative estimate of drug-likeness (QED) is 0.684. The molecule has 0 spiro atoms. The summed E-state index contributed by atoms with van der Waals surface area (Å²) in [6.07, 6.45) is 9.10. The minimum Gasteiger partial charge on any atom is -0.382 e. The summed E-state index contributed by atoms with van der Waals surface area (Å²) in [6.45, 7) is 1.45. The minimum atomic E-state index is -0.278. The predicted molar refractivity (Wildman–Crippen MR) is 108 cm³/mol. The number of nitrogens with one attached hydrogen (secondary N) is 3. The standard InChI is InChI=1S/C21H26N4O2/c1-15(26)23-17-9-6-10-18(13-17)25-21(27)20-14-19(11-12-22-20)24-16-7-4-2-3-5-8-16/h6,9-14,16H,2-5,7-8H2,1H3,(H,22,24)(H,23,26)(H,25,27). The lowest BCUT2D eigenvalue weighted by atomic mass is 10.1. The van der Waals surface area contributed by atoms with Crippen molar-refractivity contribution >= 4 is 28.9 Å². The van der Waals surface area contributed by atoms with E-state index in [4.69, 9.17) is 0 Å². The second kappa shape index (κ2) is 9.16. The third-order valence-electron chi connectivity index (χ3n) is 4.66. The number of carbonyl (C=O) groups is 2. The van der Waals surface area contributed by atoms with E-state index in [1.165, 1.54) is 45.4 Å². The van der Waals surface area contributed by atoms with E-state index in [2.05, 4.69) is 20.9 Å². The second-order valence-corrected chi connectivity index (χ2v) is 6.98. The first-order valence-electron chi connectivity index (χ1n) is 9.52. The van der Waals surface area contributed by atoms with Gasteiger partial charge in [-0.1, -0.05) is 31.7 Å². The topological polar surface area (TPSA) is 83.1 Å². The number of amides is 2. The Hall–Kier alpha value is -2.89. The molecule has 0 atom stereocenters. The van der Waals surface area contributed by atoms with E-state index in [0.29, 0.717) is 23.1 Å². The smallest absolute Gasteiger partial charge is 0.274 e. The highest BCUT2D eigenvalue weighted by atomic mass is 16.2. The number of benzene rings is 1. The molecule has 0 radical (unpaired) electrons. The predicted octanol–water partition coefficient (Wildman–Crippen LogP) is 4.43. The van der Waals surface area contributed by atoms with Gasteiger partial charge in [0.1, 0.15) is 5.69 Å². The Kier molecular flexibility index (Phi) is 6.41. The maximum absolute atomic E-state index is 12.6. The number of pyridine rings is 1. The van der Waals surface area contributed by atoms with Crippen molar-refractivity contribution in [1.29, 1.82) is 0 Å². The van der Waals surface area contributed by atoms with Crippen LogP contribution in [0.25, 0.3) is 0 Å². The van der Waals surface area contributed by atoms with Crippen molar-refractivity contribution < 1.29 is 9.59 Å². The third-order valence-corrected chi connectivity index (χ3v) is 4.66. The van der Waals surface area contributed by atoms with Crippen LogP contribution in [0.5, 0.6) is 0 Å². The monoisotopic (exact) mass is 366 g/mol. The fraction of sp³-hybridized carbons (Fsp3) is 0.381. The molecule has 27 heavy (non-hydrogen) atoms. The van der Waals surface area contributed by atoms with Gasteiger partial charge in [0.2, 0.25) is 5.91 Å². The summed E-state index contributed by atoms with van der Waals surface area (Å²) in [4.78, 5) is 27.9. The van der Waals surface area contributed by atoms with Gasteiger partial charge in [-0.25, -0.2) is 0 Å². The zero-order valence-corrected chi connectivity index (χ0v) is 15.6. The van der Waals surface area contributed by atoms with Crippen LogP contribution in [0.15, 0.2) is 42.6 Å². The van der Waals surface area contributed by atoms with Gasteiger partial charge >= 0.3 is 0 Å². The van der Waals surface area contributed by atoms with Crippen LogP contribution in [-0.4, -0.2) is 22.8 Å². The summed E-state index contributed by atoms with van der Waals surface area (Å²) >= 11 is 0. The first kappa shape index (κ1) is 18.9. The summed E-state index contributed by atoms with van der Waals surface area (Å²) in [7, 11) is 0. The number of rotatable bonds is 5. The summed E-state index contributed by atoms with van der Waals surface area (Å²) in [6, 6.07) is 11.2. The van der Waals surface area contributed by atoms with Crippen LogP contribution in [0.1, 0.15) is 55.9 Å². The number of anilines is 3. The largest absolute Gasteiger partial charge is 0.382 e. The van der Waals surface area contributed by atoms with Crippen LogP contribution in [0.3, 0.4) is 0 Å². The molecule has 3 rings (SSSR count). The molecule has 1 aromatic heterocycles. The normalized spacial score (nSPS) is 14.9. The minimum absolute atomic E-state index is 0.155. The summed E-state index contributed by atoms with van der Waals surface area (Å²) in [5.74, 6) is -0.433. The second-order valence-electron chi connectivity index (χ2n) is 6.98. The van der Waals surface area contributed by atoms with Gasteiger partial charge in [-0.3, -0.25) is 14.6 Å². The van der Waals surface area contributed by atoms with Gasteiger partial charge in [0.05, 0.1) is 0 Å². The molecule has 0 aliphatic heterocycles. The Balaban J connectivity index is 1.65. The number of aromatic nitrogens is 1. The molecule has 6 nitrogen and oxygen atoms in total. The van der Waals surface area contributed by atoms with E-state index in [9.17, 15) is 9.59 Å². The van der Waals surface area contributed by atoms with Crippen molar-refractivity contribution in [3.63, 3.8) is 0 Å². The lowest BCUT2D eigenvalue weighted by Crippen LogP contribution is -2.19. The van der Waals surface area contributed by atoms with Crippen LogP contribution in [-0.2, 0) is 4.79 Å². The van der Waals surface area contributed by atoms with Crippen LogP contribution >= 0.6 is 0 Å². The summed E-state index contributed by atoms with van der Waals surface area (Å²) < 4.78 is 0. The molecular weight excluding hydrogens is 340 g/mol. The van der Waals surface area contributed by atoms with Gasteiger partial charge < -0.3 is 16.0 Å². The molecule has 142 valence electrons. The van der Waals surface area contributed by atoms with Gasteiger partial charge in [-0.15, -0.1) is 0 Å². The van der Waals surface area contributed by atoms with Crippen LogP contribution in [0.4, 0.5) is 17.1 Å². The highest BCUT2D eigenvalue weighted by molar-refractivity contribution is 6.03. The molecule has 1 aliphatic carbocycles. The number of nitrogens with zero attached hydrogens (tertiary/aromatic N) is 1. The van der Waals surface area contributed by atoms with Gasteiger partial charge in [0.15, 0.2) is 0 Å². The molecule has 1 aromatic carbocycles.